The number of hydrogen-bond donors (Lipinski definition) is 1. The van der Waals surface area contributed by atoms with Crippen LogP contribution in [0.3, 0.4) is 0 Å². The molecular formula is C13H17N3O3S. The molecule has 1 saturated heterocycles. The van der Waals surface area contributed by atoms with Gasteiger partial charge in [-0.05, 0) is 19.0 Å². The molecule has 108 valence electrons. The summed E-state index contributed by atoms with van der Waals surface area (Å²) in [6, 6.07) is 6.52. The summed E-state index contributed by atoms with van der Waals surface area (Å²) < 4.78 is 0. The van der Waals surface area contributed by atoms with Gasteiger partial charge in [0.1, 0.15) is 0 Å². The van der Waals surface area contributed by atoms with Crippen LogP contribution < -0.4 is 5.32 Å². The van der Waals surface area contributed by atoms with Crippen molar-refractivity contribution in [2.45, 2.75) is 11.3 Å². The fraction of sp³-hybridized carbons (Fsp3) is 0.462. The zero-order chi connectivity index (χ0) is 14.4. The Morgan fingerprint density at radius 3 is 2.95 bits per heavy atom. The smallest absolute Gasteiger partial charge is 0.282 e. The Kier molecular flexibility index (Phi) is 5.37. The third-order valence-corrected chi connectivity index (χ3v) is 4.15. The van der Waals surface area contributed by atoms with Crippen molar-refractivity contribution >= 4 is 23.4 Å². The van der Waals surface area contributed by atoms with E-state index in [2.05, 4.69) is 5.32 Å². The van der Waals surface area contributed by atoms with Crippen LogP contribution in [0.15, 0.2) is 29.2 Å². The first kappa shape index (κ1) is 14.8. The van der Waals surface area contributed by atoms with Crippen LogP contribution in [-0.4, -0.2) is 47.7 Å². The number of nitrogens with zero attached hydrogens (tertiary/aromatic N) is 2. The first-order valence-corrected chi connectivity index (χ1v) is 7.52. The van der Waals surface area contributed by atoms with Gasteiger partial charge in [-0.15, -0.1) is 11.8 Å². The summed E-state index contributed by atoms with van der Waals surface area (Å²) in [6.45, 7) is 3.20. The number of nitrogens with one attached hydrogen (secondary N) is 1. The van der Waals surface area contributed by atoms with Gasteiger partial charge in [0.2, 0.25) is 5.91 Å². The van der Waals surface area contributed by atoms with Crippen molar-refractivity contribution in [3.8, 4) is 0 Å². The average Bonchev–Trinajstić information content (AvgIpc) is 2.74. The maximum atomic E-state index is 12.1. The summed E-state index contributed by atoms with van der Waals surface area (Å²) in [4.78, 5) is 25.0. The first-order valence-electron chi connectivity index (χ1n) is 6.53. The fourth-order valence-electron chi connectivity index (χ4n) is 2.06. The SMILES string of the molecule is O=C(CSc1ccccc1[N+](=O)[O-])N1CCCNCC1. The van der Waals surface area contributed by atoms with Gasteiger partial charge in [-0.25, -0.2) is 0 Å². The molecule has 2 rings (SSSR count). The lowest BCUT2D eigenvalue weighted by Crippen LogP contribution is -2.35. The van der Waals surface area contributed by atoms with E-state index in [0.717, 1.165) is 26.1 Å². The summed E-state index contributed by atoms with van der Waals surface area (Å²) in [5, 5.41) is 14.1. The molecule has 1 aromatic rings. The maximum absolute atomic E-state index is 12.1. The molecule has 7 heteroatoms. The highest BCUT2D eigenvalue weighted by molar-refractivity contribution is 8.00. The Balaban J connectivity index is 1.94. The van der Waals surface area contributed by atoms with E-state index in [1.165, 1.54) is 17.8 Å². The van der Waals surface area contributed by atoms with Gasteiger partial charge in [0, 0.05) is 25.7 Å². The Morgan fingerprint density at radius 2 is 2.15 bits per heavy atom. The number of amides is 1. The van der Waals surface area contributed by atoms with Crippen molar-refractivity contribution < 1.29 is 9.72 Å². The molecule has 1 aromatic carbocycles. The number of para-hydroxylation sites is 1. The second kappa shape index (κ2) is 7.25. The molecule has 0 saturated carbocycles. The molecule has 0 unspecified atom stereocenters. The highest BCUT2D eigenvalue weighted by Crippen LogP contribution is 2.28. The summed E-state index contributed by atoms with van der Waals surface area (Å²) in [5.41, 5.74) is 0.0582. The average molecular weight is 295 g/mol. The van der Waals surface area contributed by atoms with Crippen LogP contribution in [0.25, 0.3) is 0 Å². The minimum atomic E-state index is -0.414. The zero-order valence-corrected chi connectivity index (χ0v) is 11.9. The monoisotopic (exact) mass is 295 g/mol. The number of carbonyl (C=O) groups excluding carboxylic acids is 1. The lowest BCUT2D eigenvalue weighted by Gasteiger charge is -2.19. The lowest BCUT2D eigenvalue weighted by molar-refractivity contribution is -0.387. The second-order valence-electron chi connectivity index (χ2n) is 4.50. The molecule has 1 amide bonds. The van der Waals surface area contributed by atoms with E-state index >= 15 is 0 Å². The Bertz CT molecular complexity index is 488. The first-order chi connectivity index (χ1) is 9.68. The number of rotatable bonds is 4. The molecular weight excluding hydrogens is 278 g/mol. The molecule has 0 bridgehead atoms. The molecule has 0 spiro atoms. The van der Waals surface area contributed by atoms with E-state index in [1.807, 2.05) is 4.90 Å². The molecule has 1 aliphatic heterocycles. The highest BCUT2D eigenvalue weighted by Gasteiger charge is 2.18. The molecule has 0 aromatic heterocycles. The van der Waals surface area contributed by atoms with Gasteiger partial charge >= 0.3 is 0 Å². The van der Waals surface area contributed by atoms with Gasteiger partial charge in [0.15, 0.2) is 0 Å². The van der Waals surface area contributed by atoms with Gasteiger partial charge in [-0.3, -0.25) is 14.9 Å². The van der Waals surface area contributed by atoms with Gasteiger partial charge < -0.3 is 10.2 Å². The van der Waals surface area contributed by atoms with E-state index in [1.54, 1.807) is 18.2 Å². The van der Waals surface area contributed by atoms with Crippen molar-refractivity contribution in [1.29, 1.82) is 0 Å². The van der Waals surface area contributed by atoms with E-state index in [9.17, 15) is 14.9 Å². The molecule has 20 heavy (non-hydrogen) atoms. The molecule has 1 N–H and O–H groups in total. The van der Waals surface area contributed by atoms with Crippen LogP contribution >= 0.6 is 11.8 Å². The van der Waals surface area contributed by atoms with Crippen molar-refractivity contribution in [1.82, 2.24) is 10.2 Å². The summed E-state index contributed by atoms with van der Waals surface area (Å²) >= 11 is 1.23. The molecule has 1 fully saturated rings. The number of benzene rings is 1. The second-order valence-corrected chi connectivity index (χ2v) is 5.52. The largest absolute Gasteiger partial charge is 0.341 e. The van der Waals surface area contributed by atoms with Crippen LogP contribution in [0.4, 0.5) is 5.69 Å². The van der Waals surface area contributed by atoms with Crippen LogP contribution in [0.1, 0.15) is 6.42 Å². The number of carbonyl (C=O) groups is 1. The number of hydrogen-bond acceptors (Lipinski definition) is 5. The minimum absolute atomic E-state index is 0.0388. The van der Waals surface area contributed by atoms with E-state index in [0.29, 0.717) is 11.4 Å². The van der Waals surface area contributed by atoms with Crippen LogP contribution in [0, 0.1) is 10.1 Å². The predicted octanol–water partition coefficient (Wildman–Crippen LogP) is 1.51. The van der Waals surface area contributed by atoms with Crippen LogP contribution in [0.2, 0.25) is 0 Å². The third-order valence-electron chi connectivity index (χ3n) is 3.11. The molecule has 1 aliphatic rings. The topological polar surface area (TPSA) is 75.5 Å². The third kappa shape index (κ3) is 3.94. The number of thioether (sulfide) groups is 1. The van der Waals surface area contributed by atoms with Crippen molar-refractivity contribution in [2.75, 3.05) is 31.9 Å². The van der Waals surface area contributed by atoms with Crippen molar-refractivity contribution in [3.05, 3.63) is 34.4 Å². The van der Waals surface area contributed by atoms with Crippen LogP contribution in [0.5, 0.6) is 0 Å². The van der Waals surface area contributed by atoms with Gasteiger partial charge in [-0.1, -0.05) is 12.1 Å². The minimum Gasteiger partial charge on any atom is -0.341 e. The standard InChI is InChI=1S/C13H17N3O3S/c17-13(15-8-3-6-14-7-9-15)10-20-12-5-2-1-4-11(12)16(18)19/h1-2,4-5,14H,3,6-10H2. The lowest BCUT2D eigenvalue weighted by atomic mass is 10.3. The summed E-state index contributed by atoms with van der Waals surface area (Å²) in [5.74, 6) is 0.280. The summed E-state index contributed by atoms with van der Waals surface area (Å²) in [7, 11) is 0. The molecule has 6 nitrogen and oxygen atoms in total. The quantitative estimate of drug-likeness (QED) is 0.517. The van der Waals surface area contributed by atoms with E-state index in [-0.39, 0.29) is 17.3 Å². The maximum Gasteiger partial charge on any atom is 0.282 e. The van der Waals surface area contributed by atoms with Gasteiger partial charge in [0.25, 0.3) is 5.69 Å². The normalized spacial score (nSPS) is 15.7. The van der Waals surface area contributed by atoms with Crippen molar-refractivity contribution in [3.63, 3.8) is 0 Å². The Morgan fingerprint density at radius 1 is 1.35 bits per heavy atom. The highest BCUT2D eigenvalue weighted by atomic mass is 32.2. The summed E-state index contributed by atoms with van der Waals surface area (Å²) in [6.07, 6.45) is 0.946. The fourth-order valence-corrected chi connectivity index (χ4v) is 2.98. The number of nitro groups is 1. The number of nitro benzene ring substituents is 1. The molecule has 0 aliphatic carbocycles. The van der Waals surface area contributed by atoms with Crippen LogP contribution in [-0.2, 0) is 4.79 Å². The molecule has 0 atom stereocenters. The van der Waals surface area contributed by atoms with E-state index < -0.39 is 4.92 Å². The Hall–Kier alpha value is -1.60. The zero-order valence-electron chi connectivity index (χ0n) is 11.1. The van der Waals surface area contributed by atoms with Gasteiger partial charge in [-0.2, -0.15) is 0 Å². The Labute approximate surface area is 121 Å². The van der Waals surface area contributed by atoms with Crippen molar-refractivity contribution in [2.24, 2.45) is 0 Å². The predicted molar refractivity (Wildman–Crippen MR) is 77.9 cm³/mol. The van der Waals surface area contributed by atoms with E-state index in [4.69, 9.17) is 0 Å². The molecule has 0 radical (unpaired) electrons. The van der Waals surface area contributed by atoms with Gasteiger partial charge in [0.05, 0.1) is 15.6 Å². The molecule has 1 heterocycles.